The average molecular weight is 349 g/mol. The normalized spacial score (nSPS) is 11.5. The maximum Gasteiger partial charge on any atom is 0.339 e. The van der Waals surface area contributed by atoms with E-state index in [9.17, 15) is 9.59 Å². The van der Waals surface area contributed by atoms with Gasteiger partial charge in [-0.3, -0.25) is 4.79 Å². The summed E-state index contributed by atoms with van der Waals surface area (Å²) in [6.45, 7) is 7.47. The molecular weight excluding hydrogens is 326 g/mol. The van der Waals surface area contributed by atoms with Gasteiger partial charge in [0.25, 0.3) is 0 Å². The molecule has 3 aromatic rings. The van der Waals surface area contributed by atoms with E-state index in [1.54, 1.807) is 24.3 Å². The fourth-order valence-corrected chi connectivity index (χ4v) is 3.05. The monoisotopic (exact) mass is 349 g/mol. The second kappa shape index (κ2) is 6.79. The molecule has 3 rings (SSSR count). The van der Waals surface area contributed by atoms with Crippen LogP contribution in [0.4, 0.5) is 0 Å². The zero-order chi connectivity index (χ0) is 18.9. The third-order valence-corrected chi connectivity index (χ3v) is 4.14. The summed E-state index contributed by atoms with van der Waals surface area (Å²) >= 11 is 0. The van der Waals surface area contributed by atoms with E-state index in [-0.39, 0.29) is 5.78 Å². The van der Waals surface area contributed by atoms with E-state index in [0.29, 0.717) is 28.5 Å². The zero-order valence-corrected chi connectivity index (χ0v) is 15.6. The molecule has 0 aliphatic heterocycles. The van der Waals surface area contributed by atoms with Crippen LogP contribution in [-0.2, 0) is 11.2 Å². The number of aryl methyl sites for hydroxylation is 1. The third-order valence-electron chi connectivity index (χ3n) is 4.14. The van der Waals surface area contributed by atoms with Gasteiger partial charge >= 0.3 is 5.97 Å². The number of hydrogen-bond acceptors (Lipinski definition) is 3. The lowest BCUT2D eigenvalue weighted by molar-refractivity contribution is 0.00718. The number of fused-ring (bicyclic) bond motifs is 1. The lowest BCUT2D eigenvalue weighted by Gasteiger charge is -2.20. The number of ether oxygens (including phenoxy) is 1. The van der Waals surface area contributed by atoms with Crippen molar-refractivity contribution in [3.05, 3.63) is 70.9 Å². The summed E-state index contributed by atoms with van der Waals surface area (Å²) in [5.41, 5.74) is 2.55. The predicted octanol–water partition coefficient (Wildman–Crippen LogP) is 4.92. The van der Waals surface area contributed by atoms with Crippen LogP contribution in [0, 0.1) is 0 Å². The number of carbonyl (C=O) groups excluding carboxylic acids is 2. The van der Waals surface area contributed by atoms with E-state index >= 15 is 0 Å². The van der Waals surface area contributed by atoms with E-state index in [1.807, 2.05) is 52.0 Å². The summed E-state index contributed by atoms with van der Waals surface area (Å²) in [6, 6.07) is 14.5. The van der Waals surface area contributed by atoms with Gasteiger partial charge in [0.05, 0.1) is 11.1 Å². The number of carbonyl (C=O) groups is 2. The van der Waals surface area contributed by atoms with Crippen LogP contribution < -0.4 is 0 Å². The molecule has 0 aliphatic rings. The van der Waals surface area contributed by atoms with Gasteiger partial charge in [-0.2, -0.15) is 0 Å². The summed E-state index contributed by atoms with van der Waals surface area (Å²) in [7, 11) is 0. The Bertz CT molecular complexity index is 962. The van der Waals surface area contributed by atoms with Crippen molar-refractivity contribution in [1.29, 1.82) is 0 Å². The highest BCUT2D eigenvalue weighted by Gasteiger charge is 2.26. The second-order valence-corrected chi connectivity index (χ2v) is 7.26. The topological polar surface area (TPSA) is 59.2 Å². The summed E-state index contributed by atoms with van der Waals surface area (Å²) in [5, 5.41) is 0.632. The average Bonchev–Trinajstić information content (AvgIpc) is 2.98. The Labute approximate surface area is 153 Å². The van der Waals surface area contributed by atoms with Gasteiger partial charge in [-0.1, -0.05) is 43.3 Å². The quantitative estimate of drug-likeness (QED) is 0.537. The maximum atomic E-state index is 13.2. The highest BCUT2D eigenvalue weighted by Crippen LogP contribution is 2.30. The molecule has 4 nitrogen and oxygen atoms in total. The van der Waals surface area contributed by atoms with E-state index < -0.39 is 11.6 Å². The predicted molar refractivity (Wildman–Crippen MR) is 103 cm³/mol. The second-order valence-electron chi connectivity index (χ2n) is 7.26. The molecule has 134 valence electrons. The molecule has 0 unspecified atom stereocenters. The van der Waals surface area contributed by atoms with Crippen LogP contribution in [0.25, 0.3) is 10.9 Å². The standard InChI is InChI=1S/C22H23NO3/c1-5-16-19(20(24)14-10-7-6-8-11-14)18-15(12-9-13-17(18)23-16)21(25)26-22(2,3)4/h6-13,23H,5H2,1-4H3. The van der Waals surface area contributed by atoms with E-state index in [0.717, 1.165) is 11.2 Å². The number of hydrogen-bond donors (Lipinski definition) is 1. The SMILES string of the molecule is CCc1[nH]c2cccc(C(=O)OC(C)(C)C)c2c1C(=O)c1ccccc1. The van der Waals surface area contributed by atoms with Crippen LogP contribution >= 0.6 is 0 Å². The number of aromatic amines is 1. The van der Waals surface area contributed by atoms with Crippen molar-refractivity contribution in [2.45, 2.75) is 39.7 Å². The Morgan fingerprint density at radius 3 is 2.31 bits per heavy atom. The van der Waals surface area contributed by atoms with Crippen LogP contribution in [0.2, 0.25) is 0 Å². The Hall–Kier alpha value is -2.88. The van der Waals surface area contributed by atoms with Crippen molar-refractivity contribution < 1.29 is 14.3 Å². The molecule has 4 heteroatoms. The van der Waals surface area contributed by atoms with E-state index in [1.165, 1.54) is 0 Å². The van der Waals surface area contributed by atoms with Gasteiger partial charge in [0, 0.05) is 22.2 Å². The van der Waals surface area contributed by atoms with Gasteiger partial charge < -0.3 is 9.72 Å². The molecule has 0 fully saturated rings. The minimum atomic E-state index is -0.604. The van der Waals surface area contributed by atoms with Crippen molar-refractivity contribution in [1.82, 2.24) is 4.98 Å². The molecule has 0 spiro atoms. The maximum absolute atomic E-state index is 13.2. The number of esters is 1. The van der Waals surface area contributed by atoms with Crippen molar-refractivity contribution in [3.63, 3.8) is 0 Å². The minimum absolute atomic E-state index is 0.0929. The number of benzene rings is 2. The van der Waals surface area contributed by atoms with Crippen molar-refractivity contribution in [2.24, 2.45) is 0 Å². The Morgan fingerprint density at radius 2 is 1.69 bits per heavy atom. The fraction of sp³-hybridized carbons (Fsp3) is 0.273. The fourth-order valence-electron chi connectivity index (χ4n) is 3.05. The van der Waals surface area contributed by atoms with Gasteiger partial charge in [-0.05, 0) is 39.3 Å². The van der Waals surface area contributed by atoms with Crippen LogP contribution in [0.15, 0.2) is 48.5 Å². The first-order valence-electron chi connectivity index (χ1n) is 8.78. The molecular formula is C22H23NO3. The summed E-state index contributed by atoms with van der Waals surface area (Å²) in [5.74, 6) is -0.517. The first-order valence-corrected chi connectivity index (χ1v) is 8.78. The number of aromatic nitrogens is 1. The number of nitrogens with one attached hydrogen (secondary N) is 1. The van der Waals surface area contributed by atoms with Crippen LogP contribution in [0.5, 0.6) is 0 Å². The van der Waals surface area contributed by atoms with Gasteiger partial charge in [0.15, 0.2) is 5.78 Å². The molecule has 0 saturated heterocycles. The molecule has 0 saturated carbocycles. The lowest BCUT2D eigenvalue weighted by Crippen LogP contribution is -2.24. The lowest BCUT2D eigenvalue weighted by atomic mass is 9.96. The number of H-pyrrole nitrogens is 1. The van der Waals surface area contributed by atoms with E-state index in [2.05, 4.69) is 4.98 Å². The van der Waals surface area contributed by atoms with Gasteiger partial charge in [-0.15, -0.1) is 0 Å². The molecule has 26 heavy (non-hydrogen) atoms. The number of rotatable bonds is 4. The first kappa shape index (κ1) is 17.9. The smallest absolute Gasteiger partial charge is 0.339 e. The summed E-state index contributed by atoms with van der Waals surface area (Å²) < 4.78 is 5.55. The molecule has 0 bridgehead atoms. The molecule has 1 N–H and O–H groups in total. The van der Waals surface area contributed by atoms with Crippen LogP contribution in [0.1, 0.15) is 59.7 Å². The number of ketones is 1. The Balaban J connectivity index is 2.22. The largest absolute Gasteiger partial charge is 0.456 e. The highest BCUT2D eigenvalue weighted by atomic mass is 16.6. The summed E-state index contributed by atoms with van der Waals surface area (Å²) in [4.78, 5) is 29.2. The van der Waals surface area contributed by atoms with Crippen LogP contribution in [-0.4, -0.2) is 22.3 Å². The van der Waals surface area contributed by atoms with Crippen molar-refractivity contribution in [3.8, 4) is 0 Å². The van der Waals surface area contributed by atoms with Gasteiger partial charge in [0.2, 0.25) is 0 Å². The van der Waals surface area contributed by atoms with Gasteiger partial charge in [0.1, 0.15) is 5.60 Å². The third kappa shape index (κ3) is 3.40. The minimum Gasteiger partial charge on any atom is -0.456 e. The summed E-state index contributed by atoms with van der Waals surface area (Å²) in [6.07, 6.45) is 0.663. The van der Waals surface area contributed by atoms with Crippen molar-refractivity contribution >= 4 is 22.7 Å². The molecule has 1 aromatic heterocycles. The Kier molecular flexibility index (Phi) is 4.68. The molecule has 2 aromatic carbocycles. The molecule has 0 amide bonds. The van der Waals surface area contributed by atoms with Gasteiger partial charge in [-0.25, -0.2) is 4.79 Å². The Morgan fingerprint density at radius 1 is 1.00 bits per heavy atom. The van der Waals surface area contributed by atoms with Crippen LogP contribution in [0.3, 0.4) is 0 Å². The molecule has 1 heterocycles. The highest BCUT2D eigenvalue weighted by molar-refractivity contribution is 6.21. The molecule has 0 atom stereocenters. The van der Waals surface area contributed by atoms with E-state index in [4.69, 9.17) is 4.74 Å². The zero-order valence-electron chi connectivity index (χ0n) is 15.6. The first-order chi connectivity index (χ1) is 12.3. The molecule has 0 radical (unpaired) electrons. The van der Waals surface area contributed by atoms with Crippen molar-refractivity contribution in [2.75, 3.05) is 0 Å². The molecule has 0 aliphatic carbocycles.